The van der Waals surface area contributed by atoms with Gasteiger partial charge in [-0.3, -0.25) is 4.79 Å². The molecule has 2 atom stereocenters. The van der Waals surface area contributed by atoms with Crippen LogP contribution in [0.25, 0.3) is 0 Å². The van der Waals surface area contributed by atoms with Gasteiger partial charge in [0.2, 0.25) is 11.8 Å². The summed E-state index contributed by atoms with van der Waals surface area (Å²) in [6, 6.07) is 5.44. The minimum absolute atomic E-state index is 0.0114. The number of aryl methyl sites for hydroxylation is 2. The number of carbonyl (C=O) groups excluding carboxylic acids is 1. The third-order valence-corrected chi connectivity index (χ3v) is 4.26. The molecule has 7 nitrogen and oxygen atoms in total. The van der Waals surface area contributed by atoms with E-state index in [1.54, 1.807) is 18.5 Å². The van der Waals surface area contributed by atoms with Crippen LogP contribution in [0.3, 0.4) is 0 Å². The Labute approximate surface area is 147 Å². The van der Waals surface area contributed by atoms with E-state index in [4.69, 9.17) is 9.47 Å². The van der Waals surface area contributed by atoms with Gasteiger partial charge in [-0.1, -0.05) is 13.0 Å². The highest BCUT2D eigenvalue weighted by atomic mass is 16.5. The van der Waals surface area contributed by atoms with E-state index < -0.39 is 0 Å². The summed E-state index contributed by atoms with van der Waals surface area (Å²) in [4.78, 5) is 20.8. The second-order valence-corrected chi connectivity index (χ2v) is 6.00. The number of rotatable bonds is 7. The summed E-state index contributed by atoms with van der Waals surface area (Å²) in [5.74, 6) is 1.55. The lowest BCUT2D eigenvalue weighted by Crippen LogP contribution is -2.51. The smallest absolute Gasteiger partial charge is 0.222 e. The van der Waals surface area contributed by atoms with Crippen molar-refractivity contribution in [3.05, 3.63) is 42.6 Å². The fraction of sp³-hybridized carbons (Fsp3) is 0.500. The van der Waals surface area contributed by atoms with Crippen molar-refractivity contribution in [2.45, 2.75) is 44.9 Å². The Bertz CT molecular complexity index is 674. The molecule has 25 heavy (non-hydrogen) atoms. The van der Waals surface area contributed by atoms with Crippen LogP contribution < -0.4 is 10.1 Å². The minimum atomic E-state index is -0.230. The van der Waals surface area contributed by atoms with Gasteiger partial charge >= 0.3 is 0 Å². The molecule has 1 saturated heterocycles. The number of ether oxygens (including phenoxy) is 2. The van der Waals surface area contributed by atoms with E-state index in [-0.39, 0.29) is 18.1 Å². The van der Waals surface area contributed by atoms with Crippen molar-refractivity contribution in [3.8, 4) is 5.88 Å². The predicted octanol–water partition coefficient (Wildman–Crippen LogP) is 1.58. The molecule has 0 aromatic carbocycles. The largest absolute Gasteiger partial charge is 0.470 e. The molecule has 2 aromatic heterocycles. The van der Waals surface area contributed by atoms with Gasteiger partial charge in [-0.05, 0) is 12.5 Å². The summed E-state index contributed by atoms with van der Waals surface area (Å²) >= 11 is 0. The molecule has 3 rings (SSSR count). The number of hydrogen-bond acceptors (Lipinski definition) is 5. The lowest BCUT2D eigenvalue weighted by molar-refractivity contribution is -0.124. The number of pyridine rings is 1. The molecule has 1 aliphatic heterocycles. The van der Waals surface area contributed by atoms with Crippen molar-refractivity contribution in [3.63, 3.8) is 0 Å². The molecule has 0 spiro atoms. The van der Waals surface area contributed by atoms with Gasteiger partial charge in [0, 0.05) is 50.7 Å². The van der Waals surface area contributed by atoms with Gasteiger partial charge in [0.1, 0.15) is 11.9 Å². The Morgan fingerprint density at radius 3 is 3.12 bits per heavy atom. The van der Waals surface area contributed by atoms with Gasteiger partial charge in [0.05, 0.1) is 12.6 Å². The van der Waals surface area contributed by atoms with Crippen LogP contribution in [0.15, 0.2) is 36.8 Å². The number of amides is 1. The molecule has 0 bridgehead atoms. The Morgan fingerprint density at radius 1 is 1.40 bits per heavy atom. The Hall–Kier alpha value is -2.41. The average Bonchev–Trinajstić information content (AvgIpc) is 3.10. The Morgan fingerprint density at radius 2 is 2.32 bits per heavy atom. The topological polar surface area (TPSA) is 78.3 Å². The van der Waals surface area contributed by atoms with Gasteiger partial charge in [-0.2, -0.15) is 0 Å². The van der Waals surface area contributed by atoms with E-state index >= 15 is 0 Å². The second kappa shape index (κ2) is 8.62. The summed E-state index contributed by atoms with van der Waals surface area (Å²) in [7, 11) is 0. The van der Waals surface area contributed by atoms with Gasteiger partial charge < -0.3 is 19.4 Å². The van der Waals surface area contributed by atoms with Crippen LogP contribution in [0, 0.1) is 0 Å². The predicted molar refractivity (Wildman–Crippen MR) is 92.2 cm³/mol. The number of nitrogens with one attached hydrogen (secondary N) is 1. The highest BCUT2D eigenvalue weighted by Crippen LogP contribution is 2.15. The summed E-state index contributed by atoms with van der Waals surface area (Å²) in [5, 5.41) is 3.08. The van der Waals surface area contributed by atoms with Crippen LogP contribution >= 0.6 is 0 Å². The lowest BCUT2D eigenvalue weighted by Gasteiger charge is -2.32. The SMILES string of the molecule is CCc1nccn1CCC(=O)N[C@@H]1CCOC[C@H]1Oc1ccccn1. The maximum Gasteiger partial charge on any atom is 0.222 e. The van der Waals surface area contributed by atoms with Crippen molar-refractivity contribution >= 4 is 5.91 Å². The molecule has 0 aliphatic carbocycles. The number of carbonyl (C=O) groups is 1. The van der Waals surface area contributed by atoms with Crippen LogP contribution in [0.5, 0.6) is 5.88 Å². The summed E-state index contributed by atoms with van der Waals surface area (Å²) in [6.45, 7) is 3.75. The first kappa shape index (κ1) is 17.4. The van der Waals surface area contributed by atoms with Gasteiger partial charge in [-0.25, -0.2) is 9.97 Å². The third kappa shape index (κ3) is 4.79. The number of aromatic nitrogens is 3. The molecular weight excluding hydrogens is 320 g/mol. The minimum Gasteiger partial charge on any atom is -0.470 e. The van der Waals surface area contributed by atoms with Crippen molar-refractivity contribution in [2.75, 3.05) is 13.2 Å². The van der Waals surface area contributed by atoms with Crippen molar-refractivity contribution in [2.24, 2.45) is 0 Å². The van der Waals surface area contributed by atoms with Crippen LogP contribution in [0.4, 0.5) is 0 Å². The van der Waals surface area contributed by atoms with E-state index in [0.29, 0.717) is 32.1 Å². The van der Waals surface area contributed by atoms with E-state index in [2.05, 4.69) is 22.2 Å². The molecule has 3 heterocycles. The lowest BCUT2D eigenvalue weighted by atomic mass is 10.1. The van der Waals surface area contributed by atoms with Gasteiger partial charge in [-0.15, -0.1) is 0 Å². The van der Waals surface area contributed by atoms with Crippen LogP contribution in [0.2, 0.25) is 0 Å². The fourth-order valence-corrected chi connectivity index (χ4v) is 2.92. The van der Waals surface area contributed by atoms with Crippen molar-refractivity contribution in [1.82, 2.24) is 19.9 Å². The molecule has 1 amide bonds. The van der Waals surface area contributed by atoms with E-state index in [9.17, 15) is 4.79 Å². The summed E-state index contributed by atoms with van der Waals surface area (Å²) < 4.78 is 13.4. The second-order valence-electron chi connectivity index (χ2n) is 6.00. The molecule has 0 unspecified atom stereocenters. The molecule has 2 aromatic rings. The number of imidazole rings is 1. The van der Waals surface area contributed by atoms with Crippen molar-refractivity contribution in [1.29, 1.82) is 0 Å². The Kier molecular flexibility index (Phi) is 6.00. The number of hydrogen-bond donors (Lipinski definition) is 1. The first-order valence-electron chi connectivity index (χ1n) is 8.71. The summed E-state index contributed by atoms with van der Waals surface area (Å²) in [5.41, 5.74) is 0. The first-order chi connectivity index (χ1) is 12.3. The van der Waals surface area contributed by atoms with Gasteiger partial charge in [0.25, 0.3) is 0 Å². The molecule has 1 fully saturated rings. The van der Waals surface area contributed by atoms with E-state index in [0.717, 1.165) is 18.7 Å². The molecule has 7 heteroatoms. The standard InChI is InChI=1S/C18H24N4O3/c1-2-16-19-9-11-22(16)10-6-17(23)21-14-7-12-24-13-15(14)25-18-5-3-4-8-20-18/h3-5,8-9,11,14-15H,2,6-7,10,12-13H2,1H3,(H,21,23)/t14-,15-/m1/s1. The zero-order chi connectivity index (χ0) is 17.5. The maximum atomic E-state index is 12.3. The van der Waals surface area contributed by atoms with Crippen LogP contribution in [0.1, 0.15) is 25.6 Å². The fourth-order valence-electron chi connectivity index (χ4n) is 2.92. The zero-order valence-electron chi connectivity index (χ0n) is 14.4. The molecule has 1 N–H and O–H groups in total. The molecule has 1 aliphatic rings. The third-order valence-electron chi connectivity index (χ3n) is 4.26. The van der Waals surface area contributed by atoms with E-state index in [1.165, 1.54) is 0 Å². The van der Waals surface area contributed by atoms with Gasteiger partial charge in [0.15, 0.2) is 0 Å². The molecule has 0 radical (unpaired) electrons. The first-order valence-corrected chi connectivity index (χ1v) is 8.71. The highest BCUT2D eigenvalue weighted by molar-refractivity contribution is 5.76. The molecule has 134 valence electrons. The quantitative estimate of drug-likeness (QED) is 0.825. The zero-order valence-corrected chi connectivity index (χ0v) is 14.4. The Balaban J connectivity index is 1.53. The van der Waals surface area contributed by atoms with Crippen LogP contribution in [-0.2, 0) is 22.5 Å². The molecular formula is C18H24N4O3. The average molecular weight is 344 g/mol. The summed E-state index contributed by atoms with van der Waals surface area (Å²) in [6.07, 6.45) is 7.13. The maximum absolute atomic E-state index is 12.3. The normalized spacial score (nSPS) is 20.2. The number of nitrogens with zero attached hydrogens (tertiary/aromatic N) is 3. The van der Waals surface area contributed by atoms with E-state index in [1.807, 2.05) is 22.9 Å². The molecule has 0 saturated carbocycles. The highest BCUT2D eigenvalue weighted by Gasteiger charge is 2.29. The monoisotopic (exact) mass is 344 g/mol. The van der Waals surface area contributed by atoms with Crippen LogP contribution in [-0.4, -0.2) is 45.8 Å². The van der Waals surface area contributed by atoms with Crippen molar-refractivity contribution < 1.29 is 14.3 Å².